The fourth-order valence-corrected chi connectivity index (χ4v) is 3.29. The first kappa shape index (κ1) is 12.9. The van der Waals surface area contributed by atoms with Crippen molar-refractivity contribution in [2.75, 3.05) is 5.75 Å². The standard InChI is InChI=1S/C9H14N2O4S/c10-5-6-16(14,15)11-9(7-8(12)13)3-1-2-4-9/h11H,1-4,6-7H2,(H,12,13). The lowest BCUT2D eigenvalue weighted by Crippen LogP contribution is -2.48. The summed E-state index contributed by atoms with van der Waals surface area (Å²) in [6.07, 6.45) is 2.43. The first-order valence-corrected chi connectivity index (χ1v) is 6.65. The van der Waals surface area contributed by atoms with Crippen LogP contribution in [0.3, 0.4) is 0 Å². The molecule has 1 fully saturated rings. The molecule has 7 heteroatoms. The number of aliphatic carboxylic acids is 1. The number of carboxylic acids is 1. The number of sulfonamides is 1. The Morgan fingerprint density at radius 2 is 2.00 bits per heavy atom. The molecule has 0 aromatic heterocycles. The van der Waals surface area contributed by atoms with E-state index >= 15 is 0 Å². The molecule has 16 heavy (non-hydrogen) atoms. The molecular formula is C9H14N2O4S. The molecule has 0 aliphatic heterocycles. The highest BCUT2D eigenvalue weighted by atomic mass is 32.2. The zero-order valence-electron chi connectivity index (χ0n) is 8.77. The minimum atomic E-state index is -3.69. The lowest BCUT2D eigenvalue weighted by atomic mass is 9.95. The molecule has 1 saturated carbocycles. The van der Waals surface area contributed by atoms with Crippen molar-refractivity contribution >= 4 is 16.0 Å². The van der Waals surface area contributed by atoms with E-state index in [1.807, 2.05) is 0 Å². The normalized spacial score (nSPS) is 19.2. The van der Waals surface area contributed by atoms with Crippen LogP contribution in [-0.2, 0) is 14.8 Å². The highest BCUT2D eigenvalue weighted by molar-refractivity contribution is 7.89. The number of nitriles is 1. The number of nitrogens with one attached hydrogen (secondary N) is 1. The van der Waals surface area contributed by atoms with E-state index in [2.05, 4.69) is 4.72 Å². The summed E-state index contributed by atoms with van der Waals surface area (Å²) >= 11 is 0. The average molecular weight is 246 g/mol. The van der Waals surface area contributed by atoms with Gasteiger partial charge in [-0.15, -0.1) is 0 Å². The predicted molar refractivity (Wildman–Crippen MR) is 56.0 cm³/mol. The molecule has 0 amide bonds. The molecule has 0 saturated heterocycles. The summed E-state index contributed by atoms with van der Waals surface area (Å²) in [6.45, 7) is 0. The topological polar surface area (TPSA) is 107 Å². The second kappa shape index (κ2) is 4.80. The van der Waals surface area contributed by atoms with Crippen LogP contribution in [0.5, 0.6) is 0 Å². The van der Waals surface area contributed by atoms with E-state index in [1.54, 1.807) is 6.07 Å². The zero-order valence-corrected chi connectivity index (χ0v) is 9.59. The van der Waals surface area contributed by atoms with E-state index in [1.165, 1.54) is 0 Å². The maximum Gasteiger partial charge on any atom is 0.305 e. The van der Waals surface area contributed by atoms with Crippen molar-refractivity contribution in [3.05, 3.63) is 0 Å². The highest BCUT2D eigenvalue weighted by Crippen LogP contribution is 2.33. The third-order valence-corrected chi connectivity index (χ3v) is 3.93. The Morgan fingerprint density at radius 3 is 2.44 bits per heavy atom. The first-order chi connectivity index (χ1) is 7.39. The van der Waals surface area contributed by atoms with Gasteiger partial charge >= 0.3 is 5.97 Å². The molecule has 2 N–H and O–H groups in total. The lowest BCUT2D eigenvalue weighted by molar-refractivity contribution is -0.138. The van der Waals surface area contributed by atoms with Gasteiger partial charge in [0.25, 0.3) is 0 Å². The Kier molecular flexibility index (Phi) is 3.88. The first-order valence-electron chi connectivity index (χ1n) is 5.00. The van der Waals surface area contributed by atoms with E-state index in [9.17, 15) is 13.2 Å². The Balaban J connectivity index is 2.80. The average Bonchev–Trinajstić information content (AvgIpc) is 2.49. The molecule has 0 unspecified atom stereocenters. The molecule has 1 aliphatic carbocycles. The summed E-state index contributed by atoms with van der Waals surface area (Å²) in [6, 6.07) is 1.55. The van der Waals surface area contributed by atoms with Crippen LogP contribution in [0.1, 0.15) is 32.1 Å². The maximum absolute atomic E-state index is 11.4. The van der Waals surface area contributed by atoms with Gasteiger partial charge in [0.15, 0.2) is 5.75 Å². The van der Waals surface area contributed by atoms with Gasteiger partial charge in [-0.2, -0.15) is 5.26 Å². The summed E-state index contributed by atoms with van der Waals surface area (Å²) in [4.78, 5) is 10.7. The highest BCUT2D eigenvalue weighted by Gasteiger charge is 2.39. The minimum Gasteiger partial charge on any atom is -0.481 e. The number of carbonyl (C=O) groups is 1. The Morgan fingerprint density at radius 1 is 1.44 bits per heavy atom. The van der Waals surface area contributed by atoms with Gasteiger partial charge in [-0.1, -0.05) is 12.8 Å². The van der Waals surface area contributed by atoms with Crippen LogP contribution < -0.4 is 4.72 Å². The van der Waals surface area contributed by atoms with Crippen molar-refractivity contribution in [3.63, 3.8) is 0 Å². The second-order valence-corrected chi connectivity index (χ2v) is 5.80. The van der Waals surface area contributed by atoms with Crippen LogP contribution in [0.2, 0.25) is 0 Å². The molecular weight excluding hydrogens is 232 g/mol. The SMILES string of the molecule is N#CCS(=O)(=O)NC1(CC(=O)O)CCCC1. The Hall–Kier alpha value is -1.13. The summed E-state index contributed by atoms with van der Waals surface area (Å²) < 4.78 is 25.3. The third-order valence-electron chi connectivity index (χ3n) is 2.68. The van der Waals surface area contributed by atoms with Gasteiger partial charge in [-0.3, -0.25) is 4.79 Å². The van der Waals surface area contributed by atoms with Crippen LogP contribution >= 0.6 is 0 Å². The van der Waals surface area contributed by atoms with Gasteiger partial charge in [0.1, 0.15) is 0 Å². The van der Waals surface area contributed by atoms with E-state index in [0.717, 1.165) is 12.8 Å². The van der Waals surface area contributed by atoms with Crippen LogP contribution in [0.25, 0.3) is 0 Å². The van der Waals surface area contributed by atoms with Crippen LogP contribution in [0.4, 0.5) is 0 Å². The Labute approximate surface area is 94.3 Å². The second-order valence-electron chi connectivity index (χ2n) is 4.08. The number of rotatable bonds is 5. The fraction of sp³-hybridized carbons (Fsp3) is 0.778. The van der Waals surface area contributed by atoms with E-state index in [0.29, 0.717) is 12.8 Å². The molecule has 0 heterocycles. The van der Waals surface area contributed by atoms with Gasteiger partial charge in [-0.05, 0) is 12.8 Å². The molecule has 6 nitrogen and oxygen atoms in total. The van der Waals surface area contributed by atoms with Gasteiger partial charge < -0.3 is 5.11 Å². The largest absolute Gasteiger partial charge is 0.481 e. The van der Waals surface area contributed by atoms with Crippen molar-refractivity contribution in [3.8, 4) is 6.07 Å². The molecule has 0 bridgehead atoms. The van der Waals surface area contributed by atoms with Crippen LogP contribution in [0, 0.1) is 11.3 Å². The van der Waals surface area contributed by atoms with Crippen molar-refractivity contribution in [2.45, 2.75) is 37.6 Å². The summed E-state index contributed by atoms with van der Waals surface area (Å²) in [7, 11) is -3.69. The van der Waals surface area contributed by atoms with Gasteiger partial charge in [0, 0.05) is 5.54 Å². The molecule has 0 aromatic rings. The van der Waals surface area contributed by atoms with Gasteiger partial charge in [0.2, 0.25) is 10.0 Å². The molecule has 0 spiro atoms. The molecule has 0 aromatic carbocycles. The smallest absolute Gasteiger partial charge is 0.305 e. The molecule has 1 rings (SSSR count). The fourth-order valence-electron chi connectivity index (χ4n) is 2.11. The molecule has 90 valence electrons. The van der Waals surface area contributed by atoms with Crippen LogP contribution in [0.15, 0.2) is 0 Å². The third kappa shape index (κ3) is 3.47. The predicted octanol–water partition coefficient (Wildman–Crippen LogP) is 0.217. The summed E-state index contributed by atoms with van der Waals surface area (Å²) in [5.74, 6) is -1.66. The van der Waals surface area contributed by atoms with Gasteiger partial charge in [0.05, 0.1) is 12.5 Å². The van der Waals surface area contributed by atoms with Gasteiger partial charge in [-0.25, -0.2) is 13.1 Å². The zero-order chi connectivity index (χ0) is 12.2. The number of nitrogens with zero attached hydrogens (tertiary/aromatic N) is 1. The lowest BCUT2D eigenvalue weighted by Gasteiger charge is -2.27. The number of hydrogen-bond donors (Lipinski definition) is 2. The van der Waals surface area contributed by atoms with Crippen LogP contribution in [-0.4, -0.2) is 30.8 Å². The minimum absolute atomic E-state index is 0.225. The molecule has 1 aliphatic rings. The van der Waals surface area contributed by atoms with Crippen molar-refractivity contribution < 1.29 is 18.3 Å². The van der Waals surface area contributed by atoms with E-state index in [-0.39, 0.29) is 6.42 Å². The number of carboxylic acid groups (broad SMARTS) is 1. The Bertz CT molecular complexity index is 404. The van der Waals surface area contributed by atoms with E-state index in [4.69, 9.17) is 10.4 Å². The van der Waals surface area contributed by atoms with Crippen molar-refractivity contribution in [1.29, 1.82) is 5.26 Å². The summed E-state index contributed by atoms with van der Waals surface area (Å²) in [5, 5.41) is 17.1. The van der Waals surface area contributed by atoms with Crippen molar-refractivity contribution in [1.82, 2.24) is 4.72 Å². The monoisotopic (exact) mass is 246 g/mol. The molecule has 0 atom stereocenters. The quantitative estimate of drug-likeness (QED) is 0.721. The van der Waals surface area contributed by atoms with E-state index < -0.39 is 27.3 Å². The van der Waals surface area contributed by atoms with Crippen molar-refractivity contribution in [2.24, 2.45) is 0 Å². The number of hydrogen-bond acceptors (Lipinski definition) is 4. The summed E-state index contributed by atoms with van der Waals surface area (Å²) in [5.41, 5.74) is -0.887. The maximum atomic E-state index is 11.4. The molecule has 0 radical (unpaired) electrons.